The molecule has 0 heterocycles. The SMILES string of the molecule is COc1cc(C(O)C(O)C(=O)O)cc(F)c1F. The van der Waals surface area contributed by atoms with Crippen molar-refractivity contribution in [3.05, 3.63) is 29.3 Å². The van der Waals surface area contributed by atoms with Crippen molar-refractivity contribution in [1.82, 2.24) is 0 Å². The van der Waals surface area contributed by atoms with Crippen LogP contribution in [0.25, 0.3) is 0 Å². The lowest BCUT2D eigenvalue weighted by molar-refractivity contribution is -0.153. The Hall–Kier alpha value is -1.73. The summed E-state index contributed by atoms with van der Waals surface area (Å²) in [6.07, 6.45) is -4.01. The molecule has 0 aromatic heterocycles. The van der Waals surface area contributed by atoms with Crippen molar-refractivity contribution in [3.63, 3.8) is 0 Å². The number of methoxy groups -OCH3 is 1. The average molecular weight is 248 g/mol. The number of ether oxygens (including phenoxy) is 1. The van der Waals surface area contributed by atoms with Gasteiger partial charge in [-0.25, -0.2) is 9.18 Å². The highest BCUT2D eigenvalue weighted by atomic mass is 19.2. The van der Waals surface area contributed by atoms with Gasteiger partial charge in [0.15, 0.2) is 17.7 Å². The molecular formula is C10H10F2O5. The first-order valence-corrected chi connectivity index (χ1v) is 4.50. The lowest BCUT2D eigenvalue weighted by Gasteiger charge is -2.15. The van der Waals surface area contributed by atoms with Crippen molar-refractivity contribution >= 4 is 5.97 Å². The molecule has 5 nitrogen and oxygen atoms in total. The summed E-state index contributed by atoms with van der Waals surface area (Å²) in [6, 6.07) is 1.50. The zero-order chi connectivity index (χ0) is 13.2. The molecule has 17 heavy (non-hydrogen) atoms. The molecule has 2 atom stereocenters. The molecule has 3 N–H and O–H groups in total. The molecule has 1 aromatic carbocycles. The monoisotopic (exact) mass is 248 g/mol. The van der Waals surface area contributed by atoms with Gasteiger partial charge in [0.25, 0.3) is 0 Å². The van der Waals surface area contributed by atoms with Crippen molar-refractivity contribution in [1.29, 1.82) is 0 Å². The zero-order valence-electron chi connectivity index (χ0n) is 8.72. The second kappa shape index (κ2) is 5.07. The maximum absolute atomic E-state index is 13.1. The van der Waals surface area contributed by atoms with Crippen molar-refractivity contribution in [2.45, 2.75) is 12.2 Å². The normalized spacial score (nSPS) is 14.2. The highest BCUT2D eigenvalue weighted by Crippen LogP contribution is 2.27. The molecule has 1 aromatic rings. The number of halogens is 2. The molecule has 0 aliphatic heterocycles. The van der Waals surface area contributed by atoms with Crippen LogP contribution in [0.2, 0.25) is 0 Å². The first-order valence-electron chi connectivity index (χ1n) is 4.50. The molecule has 0 saturated heterocycles. The summed E-state index contributed by atoms with van der Waals surface area (Å²) in [5, 5.41) is 26.9. The molecule has 0 aliphatic rings. The first-order chi connectivity index (χ1) is 7.88. The lowest BCUT2D eigenvalue weighted by atomic mass is 10.0. The van der Waals surface area contributed by atoms with Crippen LogP contribution in [-0.2, 0) is 4.79 Å². The van der Waals surface area contributed by atoms with Crippen molar-refractivity contribution in [3.8, 4) is 5.75 Å². The Morgan fingerprint density at radius 1 is 1.35 bits per heavy atom. The number of aliphatic hydroxyl groups is 2. The van der Waals surface area contributed by atoms with E-state index in [-0.39, 0.29) is 5.56 Å². The third-order valence-corrected chi connectivity index (χ3v) is 2.13. The Morgan fingerprint density at radius 2 is 1.94 bits per heavy atom. The predicted octanol–water partition coefficient (Wildman–Crippen LogP) is 0.452. The van der Waals surface area contributed by atoms with E-state index < -0.39 is 35.6 Å². The Morgan fingerprint density at radius 3 is 2.41 bits per heavy atom. The number of hydrogen-bond acceptors (Lipinski definition) is 4. The topological polar surface area (TPSA) is 87.0 Å². The minimum atomic E-state index is -2.13. The molecule has 94 valence electrons. The second-order valence-electron chi connectivity index (χ2n) is 3.25. The summed E-state index contributed by atoms with van der Waals surface area (Å²) in [4.78, 5) is 10.4. The molecule has 2 unspecified atom stereocenters. The fourth-order valence-corrected chi connectivity index (χ4v) is 1.22. The Bertz CT molecular complexity index is 435. The van der Waals surface area contributed by atoms with Crippen LogP contribution >= 0.6 is 0 Å². The van der Waals surface area contributed by atoms with Gasteiger partial charge in [-0.3, -0.25) is 0 Å². The Labute approximate surface area is 94.9 Å². The van der Waals surface area contributed by atoms with E-state index in [2.05, 4.69) is 4.74 Å². The van der Waals surface area contributed by atoms with Crippen LogP contribution < -0.4 is 4.74 Å². The number of benzene rings is 1. The lowest BCUT2D eigenvalue weighted by Crippen LogP contribution is -2.27. The van der Waals surface area contributed by atoms with Crippen LogP contribution in [0.1, 0.15) is 11.7 Å². The number of aliphatic carboxylic acids is 1. The summed E-state index contributed by atoms with van der Waals surface area (Å²) in [7, 11) is 1.08. The fourth-order valence-electron chi connectivity index (χ4n) is 1.22. The van der Waals surface area contributed by atoms with Crippen molar-refractivity contribution < 1.29 is 33.6 Å². The number of carbonyl (C=O) groups is 1. The molecule has 0 bridgehead atoms. The van der Waals surface area contributed by atoms with E-state index in [9.17, 15) is 18.7 Å². The number of aliphatic hydroxyl groups excluding tert-OH is 2. The molecule has 0 spiro atoms. The number of carboxylic acid groups (broad SMARTS) is 1. The maximum atomic E-state index is 13.1. The Kier molecular flexibility index (Phi) is 3.97. The standard InChI is InChI=1S/C10H10F2O5/c1-17-6-3-4(2-5(11)7(6)12)8(13)9(14)10(15)16/h2-3,8-9,13-14H,1H3,(H,15,16). The van der Waals surface area contributed by atoms with Crippen molar-refractivity contribution in [2.75, 3.05) is 7.11 Å². The van der Waals surface area contributed by atoms with E-state index in [1.807, 2.05) is 0 Å². The van der Waals surface area contributed by atoms with Gasteiger partial charge in [-0.1, -0.05) is 0 Å². The molecule has 0 fully saturated rings. The number of rotatable bonds is 4. The van der Waals surface area contributed by atoms with Gasteiger partial charge in [0.1, 0.15) is 6.10 Å². The van der Waals surface area contributed by atoms with Gasteiger partial charge in [-0.05, 0) is 17.7 Å². The van der Waals surface area contributed by atoms with E-state index in [0.717, 1.165) is 13.2 Å². The molecule has 0 amide bonds. The van der Waals surface area contributed by atoms with Gasteiger partial charge >= 0.3 is 5.97 Å². The molecule has 7 heteroatoms. The minimum absolute atomic E-state index is 0.296. The zero-order valence-corrected chi connectivity index (χ0v) is 8.72. The summed E-state index contributed by atoms with van der Waals surface area (Å²) in [6.45, 7) is 0. The van der Waals surface area contributed by atoms with E-state index in [1.165, 1.54) is 0 Å². The van der Waals surface area contributed by atoms with Crippen LogP contribution in [0.5, 0.6) is 5.75 Å². The molecule has 1 rings (SSSR count). The van der Waals surface area contributed by atoms with Gasteiger partial charge in [-0.15, -0.1) is 0 Å². The van der Waals surface area contributed by atoms with Gasteiger partial charge in [0.2, 0.25) is 5.82 Å². The van der Waals surface area contributed by atoms with E-state index in [0.29, 0.717) is 6.07 Å². The summed E-state index contributed by atoms with van der Waals surface area (Å²) >= 11 is 0. The first kappa shape index (κ1) is 13.3. The third-order valence-electron chi connectivity index (χ3n) is 2.13. The highest BCUT2D eigenvalue weighted by Gasteiger charge is 2.27. The molecule has 0 saturated carbocycles. The number of carboxylic acids is 1. The van der Waals surface area contributed by atoms with E-state index in [1.54, 1.807) is 0 Å². The van der Waals surface area contributed by atoms with Gasteiger partial charge in [0, 0.05) is 0 Å². The van der Waals surface area contributed by atoms with Gasteiger partial charge in [-0.2, -0.15) is 4.39 Å². The van der Waals surface area contributed by atoms with Crippen LogP contribution in [0.15, 0.2) is 12.1 Å². The molecular weight excluding hydrogens is 238 g/mol. The van der Waals surface area contributed by atoms with Crippen LogP contribution in [-0.4, -0.2) is 34.5 Å². The third kappa shape index (κ3) is 2.69. The summed E-state index contributed by atoms with van der Waals surface area (Å²) in [5.74, 6) is -4.73. The van der Waals surface area contributed by atoms with Crippen molar-refractivity contribution in [2.24, 2.45) is 0 Å². The van der Waals surface area contributed by atoms with Crippen LogP contribution in [0.4, 0.5) is 8.78 Å². The summed E-state index contributed by atoms with van der Waals surface area (Å²) in [5.41, 5.74) is -0.296. The summed E-state index contributed by atoms with van der Waals surface area (Å²) < 4.78 is 30.6. The highest BCUT2D eigenvalue weighted by molar-refractivity contribution is 5.73. The largest absolute Gasteiger partial charge is 0.494 e. The molecule has 0 aliphatic carbocycles. The Balaban J connectivity index is 3.15. The minimum Gasteiger partial charge on any atom is -0.494 e. The van der Waals surface area contributed by atoms with Crippen LogP contribution in [0.3, 0.4) is 0 Å². The van der Waals surface area contributed by atoms with Gasteiger partial charge in [0.05, 0.1) is 7.11 Å². The van der Waals surface area contributed by atoms with Crippen LogP contribution in [0, 0.1) is 11.6 Å². The fraction of sp³-hybridized carbons (Fsp3) is 0.300. The maximum Gasteiger partial charge on any atom is 0.335 e. The second-order valence-corrected chi connectivity index (χ2v) is 3.25. The predicted molar refractivity (Wildman–Crippen MR) is 51.5 cm³/mol. The average Bonchev–Trinajstić information content (AvgIpc) is 2.30. The molecule has 0 radical (unpaired) electrons. The smallest absolute Gasteiger partial charge is 0.335 e. The van der Waals surface area contributed by atoms with E-state index in [4.69, 9.17) is 10.2 Å². The van der Waals surface area contributed by atoms with Gasteiger partial charge < -0.3 is 20.1 Å². The number of hydrogen-bond donors (Lipinski definition) is 3. The van der Waals surface area contributed by atoms with E-state index >= 15 is 0 Å². The quantitative estimate of drug-likeness (QED) is 0.720.